The van der Waals surface area contributed by atoms with Gasteiger partial charge in [-0.1, -0.05) is 30.3 Å². The number of aliphatic hydroxyl groups excluding tert-OH is 1. The fourth-order valence-corrected chi connectivity index (χ4v) is 4.84. The molecule has 0 spiro atoms. The maximum absolute atomic E-state index is 12.6. The summed E-state index contributed by atoms with van der Waals surface area (Å²) < 4.78 is 12.2. The van der Waals surface area contributed by atoms with Gasteiger partial charge in [0.25, 0.3) is 0 Å². The molecular formula is C26H30N2O5. The van der Waals surface area contributed by atoms with Gasteiger partial charge in [-0.05, 0) is 48.9 Å². The fraction of sp³-hybridized carbons (Fsp3) is 0.462. The van der Waals surface area contributed by atoms with Crippen molar-refractivity contribution < 1.29 is 24.2 Å². The molecule has 3 aliphatic rings. The number of benzene rings is 2. The minimum absolute atomic E-state index is 0.00175. The molecule has 2 aromatic carbocycles. The van der Waals surface area contributed by atoms with Gasteiger partial charge in [0.15, 0.2) is 0 Å². The number of hydrogen-bond donors (Lipinski definition) is 3. The Morgan fingerprint density at radius 3 is 2.61 bits per heavy atom. The molecule has 1 aliphatic carbocycles. The van der Waals surface area contributed by atoms with Crippen LogP contribution in [-0.2, 0) is 20.9 Å². The molecule has 174 valence electrons. The fourth-order valence-electron chi connectivity index (χ4n) is 4.84. The lowest BCUT2D eigenvalue weighted by atomic mass is 9.84. The number of hydrogen-bond acceptors (Lipinski definition) is 5. The third kappa shape index (κ3) is 5.20. The average Bonchev–Trinajstić information content (AvgIpc) is 3.56. The van der Waals surface area contributed by atoms with E-state index in [1.807, 2.05) is 48.5 Å². The molecule has 0 radical (unpaired) electrons. The number of aliphatic hydroxyl groups is 1. The molecule has 2 amide bonds. The summed E-state index contributed by atoms with van der Waals surface area (Å²) in [6.45, 7) is 0.292. The summed E-state index contributed by atoms with van der Waals surface area (Å²) in [5, 5.41) is 15.9. The SMILES string of the molecule is O=C(C[C@@H]1C[C@H]2c3cc(NC(=O)CC4CC4)ccc3O[C@H]2[C@@H](CO)O1)NCc1ccccc1. The van der Waals surface area contributed by atoms with E-state index in [1.165, 1.54) is 0 Å². The highest BCUT2D eigenvalue weighted by Gasteiger charge is 2.46. The molecule has 2 aromatic rings. The maximum Gasteiger partial charge on any atom is 0.224 e. The highest BCUT2D eigenvalue weighted by atomic mass is 16.6. The summed E-state index contributed by atoms with van der Waals surface area (Å²) in [7, 11) is 0. The molecule has 0 aromatic heterocycles. The number of fused-ring (bicyclic) bond motifs is 3. The number of rotatable bonds is 8. The van der Waals surface area contributed by atoms with Gasteiger partial charge in [-0.2, -0.15) is 0 Å². The van der Waals surface area contributed by atoms with E-state index in [2.05, 4.69) is 10.6 Å². The molecule has 4 atom stereocenters. The highest BCUT2D eigenvalue weighted by Crippen LogP contribution is 2.47. The van der Waals surface area contributed by atoms with Gasteiger partial charge in [-0.3, -0.25) is 9.59 Å². The maximum atomic E-state index is 12.6. The zero-order valence-corrected chi connectivity index (χ0v) is 18.5. The van der Waals surface area contributed by atoms with Crippen molar-refractivity contribution in [2.24, 2.45) is 5.92 Å². The highest BCUT2D eigenvalue weighted by molar-refractivity contribution is 5.91. The lowest BCUT2D eigenvalue weighted by molar-refractivity contribution is -0.142. The number of anilines is 1. The van der Waals surface area contributed by atoms with Gasteiger partial charge in [0.1, 0.15) is 18.0 Å². The molecule has 2 aliphatic heterocycles. The van der Waals surface area contributed by atoms with Crippen molar-refractivity contribution in [3.63, 3.8) is 0 Å². The second kappa shape index (κ2) is 9.53. The lowest BCUT2D eigenvalue weighted by Gasteiger charge is -2.37. The van der Waals surface area contributed by atoms with E-state index in [-0.39, 0.29) is 43.0 Å². The lowest BCUT2D eigenvalue weighted by Crippen LogP contribution is -2.47. The van der Waals surface area contributed by atoms with Crippen LogP contribution in [0.15, 0.2) is 48.5 Å². The second-order valence-electron chi connectivity index (χ2n) is 9.32. The quantitative estimate of drug-likeness (QED) is 0.574. The van der Waals surface area contributed by atoms with E-state index in [1.54, 1.807) is 0 Å². The number of carbonyl (C=O) groups is 2. The Morgan fingerprint density at radius 2 is 1.85 bits per heavy atom. The van der Waals surface area contributed by atoms with Crippen LogP contribution < -0.4 is 15.4 Å². The van der Waals surface area contributed by atoms with E-state index in [0.717, 1.165) is 35.4 Å². The second-order valence-corrected chi connectivity index (χ2v) is 9.32. The monoisotopic (exact) mass is 450 g/mol. The first kappa shape index (κ1) is 21.9. The molecule has 7 nitrogen and oxygen atoms in total. The molecule has 1 saturated heterocycles. The van der Waals surface area contributed by atoms with E-state index < -0.39 is 6.10 Å². The van der Waals surface area contributed by atoms with Crippen LogP contribution in [0.3, 0.4) is 0 Å². The van der Waals surface area contributed by atoms with Gasteiger partial charge in [0.05, 0.1) is 19.1 Å². The van der Waals surface area contributed by atoms with Crippen LogP contribution >= 0.6 is 0 Å². The predicted octanol–water partition coefficient (Wildman–Crippen LogP) is 3.13. The van der Waals surface area contributed by atoms with Crippen LogP contribution in [0, 0.1) is 5.92 Å². The van der Waals surface area contributed by atoms with Crippen molar-refractivity contribution in [3.05, 3.63) is 59.7 Å². The van der Waals surface area contributed by atoms with E-state index in [4.69, 9.17) is 9.47 Å². The van der Waals surface area contributed by atoms with Crippen molar-refractivity contribution in [2.45, 2.75) is 62.9 Å². The minimum Gasteiger partial charge on any atom is -0.487 e. The molecule has 0 unspecified atom stereocenters. The van der Waals surface area contributed by atoms with E-state index >= 15 is 0 Å². The van der Waals surface area contributed by atoms with Crippen LogP contribution in [0.25, 0.3) is 0 Å². The zero-order valence-electron chi connectivity index (χ0n) is 18.5. The number of carbonyl (C=O) groups excluding carboxylic acids is 2. The Kier molecular flexibility index (Phi) is 6.33. The van der Waals surface area contributed by atoms with Crippen molar-refractivity contribution in [3.8, 4) is 5.75 Å². The van der Waals surface area contributed by atoms with Crippen LogP contribution in [0.1, 0.15) is 49.1 Å². The van der Waals surface area contributed by atoms with Crippen molar-refractivity contribution in [1.29, 1.82) is 0 Å². The van der Waals surface area contributed by atoms with Crippen molar-refractivity contribution in [1.82, 2.24) is 5.32 Å². The first-order valence-electron chi connectivity index (χ1n) is 11.8. The summed E-state index contributed by atoms with van der Waals surface area (Å²) >= 11 is 0. The topological polar surface area (TPSA) is 96.9 Å². The zero-order chi connectivity index (χ0) is 22.8. The Bertz CT molecular complexity index is 1010. The molecular weight excluding hydrogens is 420 g/mol. The third-order valence-corrected chi connectivity index (χ3v) is 6.70. The van der Waals surface area contributed by atoms with Gasteiger partial charge in [0, 0.05) is 30.1 Å². The van der Waals surface area contributed by atoms with Crippen LogP contribution in [0.5, 0.6) is 5.75 Å². The van der Waals surface area contributed by atoms with Gasteiger partial charge in [0.2, 0.25) is 11.8 Å². The molecule has 2 fully saturated rings. The van der Waals surface area contributed by atoms with Crippen molar-refractivity contribution >= 4 is 17.5 Å². The van der Waals surface area contributed by atoms with Crippen LogP contribution in [0.4, 0.5) is 5.69 Å². The Morgan fingerprint density at radius 1 is 1.03 bits per heavy atom. The Balaban J connectivity index is 1.24. The molecule has 33 heavy (non-hydrogen) atoms. The largest absolute Gasteiger partial charge is 0.487 e. The number of ether oxygens (including phenoxy) is 2. The first-order valence-corrected chi connectivity index (χ1v) is 11.8. The smallest absolute Gasteiger partial charge is 0.224 e. The number of amides is 2. The van der Waals surface area contributed by atoms with Crippen LogP contribution in [0.2, 0.25) is 0 Å². The van der Waals surface area contributed by atoms with E-state index in [9.17, 15) is 14.7 Å². The molecule has 5 rings (SSSR count). The summed E-state index contributed by atoms with van der Waals surface area (Å²) in [4.78, 5) is 24.8. The summed E-state index contributed by atoms with van der Waals surface area (Å²) in [6, 6.07) is 15.5. The Hall–Kier alpha value is -2.90. The normalized spacial score (nSPS) is 25.5. The van der Waals surface area contributed by atoms with E-state index in [0.29, 0.717) is 25.3 Å². The van der Waals surface area contributed by atoms with Crippen LogP contribution in [-0.4, -0.2) is 41.8 Å². The summed E-state index contributed by atoms with van der Waals surface area (Å²) in [6.07, 6.45) is 2.56. The predicted molar refractivity (Wildman–Crippen MR) is 123 cm³/mol. The molecule has 3 N–H and O–H groups in total. The molecule has 2 heterocycles. The summed E-state index contributed by atoms with van der Waals surface area (Å²) in [5.41, 5.74) is 2.80. The number of nitrogens with one attached hydrogen (secondary N) is 2. The Labute approximate surface area is 193 Å². The molecule has 7 heteroatoms. The average molecular weight is 451 g/mol. The van der Waals surface area contributed by atoms with Gasteiger partial charge < -0.3 is 25.2 Å². The van der Waals surface area contributed by atoms with Gasteiger partial charge >= 0.3 is 0 Å². The molecule has 0 bridgehead atoms. The molecule has 1 saturated carbocycles. The minimum atomic E-state index is -0.504. The third-order valence-electron chi connectivity index (χ3n) is 6.70. The van der Waals surface area contributed by atoms with Crippen molar-refractivity contribution in [2.75, 3.05) is 11.9 Å². The standard InChI is InChI=1S/C26H30N2O5/c29-15-23-26-21(12-19(32-23)13-24(30)27-14-17-4-2-1-3-5-17)20-11-18(8-9-22(20)33-26)28-25(31)10-16-6-7-16/h1-5,8-9,11,16,19,21,23,26,29H,6-7,10,12-15H2,(H,27,30)(H,28,31)/t19-,21-,23+,26+/m0/s1. The van der Waals surface area contributed by atoms with Gasteiger partial charge in [-0.15, -0.1) is 0 Å². The summed E-state index contributed by atoms with van der Waals surface area (Å²) in [5.74, 6) is 1.24. The first-order chi connectivity index (χ1) is 16.1. The van der Waals surface area contributed by atoms with Gasteiger partial charge in [-0.25, -0.2) is 0 Å².